The van der Waals surface area contributed by atoms with Gasteiger partial charge < -0.3 is 8.83 Å². The van der Waals surface area contributed by atoms with Gasteiger partial charge in [0.1, 0.15) is 0 Å². The Bertz CT molecular complexity index is 670. The molecule has 2 heterocycles. The number of fused-ring (bicyclic) bond motifs is 1. The van der Waals surface area contributed by atoms with Gasteiger partial charge in [-0.15, -0.1) is 23.5 Å². The fourth-order valence-corrected chi connectivity index (χ4v) is 4.71. The summed E-state index contributed by atoms with van der Waals surface area (Å²) < 4.78 is 9.58. The molecule has 0 N–H and O–H groups in total. The highest BCUT2D eigenvalue weighted by Gasteiger charge is 2.28. The maximum Gasteiger partial charge on any atom is 0.519 e. The molecule has 6 nitrogen and oxygen atoms in total. The van der Waals surface area contributed by atoms with Gasteiger partial charge in [-0.3, -0.25) is 10.1 Å². The Kier molecular flexibility index (Phi) is 2.83. The Morgan fingerprint density at radius 3 is 2.44 bits per heavy atom. The standard InChI is InChI=1S/C10H7NO5S2/c12-10-15-7-3-5(9-17-1-2-18-9)6(11(13)14)4-8(7)16-10/h3-4,9H,1-2H2. The van der Waals surface area contributed by atoms with Gasteiger partial charge >= 0.3 is 5.82 Å². The van der Waals surface area contributed by atoms with Gasteiger partial charge in [-0.25, -0.2) is 4.79 Å². The second-order valence-corrected chi connectivity index (χ2v) is 6.37. The normalized spacial score (nSPS) is 16.4. The van der Waals surface area contributed by atoms with Gasteiger partial charge in [-0.2, -0.15) is 0 Å². The van der Waals surface area contributed by atoms with Crippen LogP contribution in [0.4, 0.5) is 5.69 Å². The molecule has 18 heavy (non-hydrogen) atoms. The van der Waals surface area contributed by atoms with Crippen molar-refractivity contribution in [3.05, 3.63) is 38.4 Å². The van der Waals surface area contributed by atoms with Crippen molar-refractivity contribution in [3.8, 4) is 0 Å². The van der Waals surface area contributed by atoms with Gasteiger partial charge in [-0.1, -0.05) is 0 Å². The lowest BCUT2D eigenvalue weighted by atomic mass is 10.2. The third-order valence-electron chi connectivity index (χ3n) is 2.55. The van der Waals surface area contributed by atoms with Crippen LogP contribution in [0.25, 0.3) is 11.2 Å². The van der Waals surface area contributed by atoms with Crippen LogP contribution in [0, 0.1) is 10.1 Å². The van der Waals surface area contributed by atoms with Crippen molar-refractivity contribution in [1.29, 1.82) is 0 Å². The number of nitrogens with zero attached hydrogens (tertiary/aromatic N) is 1. The Balaban J connectivity index is 2.22. The molecule has 0 aliphatic carbocycles. The quantitative estimate of drug-likeness (QED) is 0.619. The second-order valence-electron chi connectivity index (χ2n) is 3.64. The van der Waals surface area contributed by atoms with Crippen LogP contribution in [0.1, 0.15) is 10.1 Å². The van der Waals surface area contributed by atoms with E-state index in [1.165, 1.54) is 12.1 Å². The van der Waals surface area contributed by atoms with Crippen molar-refractivity contribution in [3.63, 3.8) is 0 Å². The van der Waals surface area contributed by atoms with E-state index in [4.69, 9.17) is 8.83 Å². The van der Waals surface area contributed by atoms with Crippen LogP contribution in [-0.4, -0.2) is 16.4 Å². The first kappa shape index (κ1) is 11.7. The van der Waals surface area contributed by atoms with E-state index in [-0.39, 0.29) is 21.4 Å². The third kappa shape index (κ3) is 1.91. The number of rotatable bonds is 2. The minimum atomic E-state index is -0.844. The van der Waals surface area contributed by atoms with E-state index in [9.17, 15) is 14.9 Å². The van der Waals surface area contributed by atoms with E-state index in [1.54, 1.807) is 23.5 Å². The van der Waals surface area contributed by atoms with Crippen LogP contribution in [0.2, 0.25) is 0 Å². The van der Waals surface area contributed by atoms with Gasteiger partial charge in [0.25, 0.3) is 5.69 Å². The van der Waals surface area contributed by atoms with Crippen molar-refractivity contribution in [2.45, 2.75) is 4.58 Å². The molecule has 0 atom stereocenters. The number of benzene rings is 1. The van der Waals surface area contributed by atoms with Crippen LogP contribution < -0.4 is 5.82 Å². The molecule has 1 aromatic carbocycles. The molecule has 0 saturated carbocycles. The number of hydrogen-bond acceptors (Lipinski definition) is 7. The Morgan fingerprint density at radius 2 is 1.83 bits per heavy atom. The molecule has 1 saturated heterocycles. The zero-order valence-corrected chi connectivity index (χ0v) is 10.6. The molecule has 0 bridgehead atoms. The molecule has 8 heteroatoms. The summed E-state index contributed by atoms with van der Waals surface area (Å²) in [5, 5.41) is 11.1. The molecular formula is C10H7NO5S2. The maximum atomic E-state index is 11.1. The van der Waals surface area contributed by atoms with E-state index >= 15 is 0 Å². The Hall–Kier alpha value is -1.41. The molecule has 1 fully saturated rings. The summed E-state index contributed by atoms with van der Waals surface area (Å²) in [5.41, 5.74) is 0.917. The highest BCUT2D eigenvalue weighted by molar-refractivity contribution is 8.19. The van der Waals surface area contributed by atoms with Crippen molar-refractivity contribution in [2.24, 2.45) is 0 Å². The first-order valence-electron chi connectivity index (χ1n) is 5.10. The summed E-state index contributed by atoms with van der Waals surface area (Å²) >= 11 is 3.30. The average Bonchev–Trinajstić information content (AvgIpc) is 2.93. The number of nitro benzene ring substituents is 1. The number of nitro groups is 1. The van der Waals surface area contributed by atoms with Crippen molar-refractivity contribution >= 4 is 40.4 Å². The first-order valence-corrected chi connectivity index (χ1v) is 7.20. The monoisotopic (exact) mass is 285 g/mol. The van der Waals surface area contributed by atoms with E-state index < -0.39 is 10.7 Å². The lowest BCUT2D eigenvalue weighted by Gasteiger charge is -2.07. The Labute approximate surface area is 109 Å². The second kappa shape index (κ2) is 4.36. The summed E-state index contributed by atoms with van der Waals surface area (Å²) in [7, 11) is 0. The minimum absolute atomic E-state index is 0.00926. The summed E-state index contributed by atoms with van der Waals surface area (Å²) in [4.78, 5) is 21.6. The molecule has 0 radical (unpaired) electrons. The van der Waals surface area contributed by atoms with E-state index in [0.717, 1.165) is 11.5 Å². The Morgan fingerprint density at radius 1 is 1.22 bits per heavy atom. The lowest BCUT2D eigenvalue weighted by Crippen LogP contribution is -1.96. The summed E-state index contributed by atoms with van der Waals surface area (Å²) in [6, 6.07) is 2.80. The van der Waals surface area contributed by atoms with Gasteiger partial charge in [0.15, 0.2) is 11.2 Å². The molecule has 0 spiro atoms. The van der Waals surface area contributed by atoms with Crippen LogP contribution in [-0.2, 0) is 0 Å². The molecule has 1 aliphatic heterocycles. The largest absolute Gasteiger partial charge is 0.519 e. The number of thioether (sulfide) groups is 2. The molecule has 94 valence electrons. The van der Waals surface area contributed by atoms with Crippen LogP contribution in [0.15, 0.2) is 25.8 Å². The summed E-state index contributed by atoms with van der Waals surface area (Å²) in [6.07, 6.45) is 0. The minimum Gasteiger partial charge on any atom is -0.391 e. The van der Waals surface area contributed by atoms with Crippen molar-refractivity contribution < 1.29 is 13.8 Å². The fraction of sp³-hybridized carbons (Fsp3) is 0.300. The smallest absolute Gasteiger partial charge is 0.391 e. The van der Waals surface area contributed by atoms with Crippen LogP contribution in [0.3, 0.4) is 0 Å². The predicted octanol–water partition coefficient (Wildman–Crippen LogP) is 2.77. The van der Waals surface area contributed by atoms with E-state index in [1.807, 2.05) is 0 Å². The molecule has 1 aromatic heterocycles. The van der Waals surface area contributed by atoms with E-state index in [0.29, 0.717) is 5.56 Å². The van der Waals surface area contributed by atoms with Crippen LogP contribution in [0.5, 0.6) is 0 Å². The highest BCUT2D eigenvalue weighted by atomic mass is 32.2. The predicted molar refractivity (Wildman–Crippen MR) is 69.1 cm³/mol. The lowest BCUT2D eigenvalue weighted by molar-refractivity contribution is -0.385. The average molecular weight is 285 g/mol. The topological polar surface area (TPSA) is 86.5 Å². The molecule has 0 unspecified atom stereocenters. The molecule has 0 amide bonds. The molecule has 2 aromatic rings. The van der Waals surface area contributed by atoms with Gasteiger partial charge in [0.2, 0.25) is 0 Å². The molecular weight excluding hydrogens is 278 g/mol. The van der Waals surface area contributed by atoms with Crippen LogP contribution >= 0.6 is 23.5 Å². The zero-order chi connectivity index (χ0) is 12.7. The highest BCUT2D eigenvalue weighted by Crippen LogP contribution is 2.48. The first-order chi connectivity index (χ1) is 8.65. The van der Waals surface area contributed by atoms with Gasteiger partial charge in [0.05, 0.1) is 21.1 Å². The summed E-state index contributed by atoms with van der Waals surface area (Å²) in [6.45, 7) is 0. The third-order valence-corrected chi connectivity index (χ3v) is 5.62. The SMILES string of the molecule is O=c1oc2cc(C3SCCS3)c([N+](=O)[O-])cc2o1. The molecule has 1 aliphatic rings. The summed E-state index contributed by atoms with van der Waals surface area (Å²) in [5.74, 6) is 1.07. The molecule has 3 rings (SSSR count). The van der Waals surface area contributed by atoms with Crippen molar-refractivity contribution in [2.75, 3.05) is 11.5 Å². The van der Waals surface area contributed by atoms with Gasteiger partial charge in [0, 0.05) is 11.5 Å². The zero-order valence-electron chi connectivity index (χ0n) is 8.95. The number of hydrogen-bond donors (Lipinski definition) is 0. The van der Waals surface area contributed by atoms with Crippen molar-refractivity contribution in [1.82, 2.24) is 0 Å². The van der Waals surface area contributed by atoms with E-state index in [2.05, 4.69) is 0 Å². The van der Waals surface area contributed by atoms with Gasteiger partial charge in [-0.05, 0) is 6.07 Å². The fourth-order valence-electron chi connectivity index (χ4n) is 1.81. The maximum absolute atomic E-state index is 11.1.